The van der Waals surface area contributed by atoms with Crippen molar-refractivity contribution in [2.45, 2.75) is 38.0 Å². The second kappa shape index (κ2) is 9.43. The van der Waals surface area contributed by atoms with Crippen molar-refractivity contribution in [3.8, 4) is 11.3 Å². The average Bonchev–Trinajstić information content (AvgIpc) is 3.24. The minimum absolute atomic E-state index is 0.183. The van der Waals surface area contributed by atoms with Gasteiger partial charge in [0.25, 0.3) is 5.91 Å². The van der Waals surface area contributed by atoms with Crippen molar-refractivity contribution in [3.05, 3.63) is 62.9 Å². The fourth-order valence-electron chi connectivity index (χ4n) is 3.73. The van der Waals surface area contributed by atoms with Gasteiger partial charge in [0.1, 0.15) is 0 Å². The highest BCUT2D eigenvalue weighted by atomic mass is 79.9. The normalized spacial score (nSPS) is 15.0. The molecular weight excluding hydrogens is 510 g/mol. The Kier molecular flexibility index (Phi) is 6.80. The van der Waals surface area contributed by atoms with E-state index in [9.17, 15) is 13.2 Å². The van der Waals surface area contributed by atoms with Gasteiger partial charge in [0.2, 0.25) is 10.0 Å². The van der Waals surface area contributed by atoms with Crippen molar-refractivity contribution < 1.29 is 13.2 Å². The van der Waals surface area contributed by atoms with Gasteiger partial charge in [-0.25, -0.2) is 13.4 Å². The Hall–Kier alpha value is -2.07. The van der Waals surface area contributed by atoms with Crippen molar-refractivity contribution in [2.75, 3.05) is 18.4 Å². The molecule has 0 aliphatic carbocycles. The van der Waals surface area contributed by atoms with Gasteiger partial charge in [-0.05, 0) is 72.4 Å². The molecule has 0 spiro atoms. The van der Waals surface area contributed by atoms with E-state index in [-0.39, 0.29) is 10.8 Å². The van der Waals surface area contributed by atoms with Crippen LogP contribution >= 0.6 is 27.3 Å². The monoisotopic (exact) mass is 533 g/mol. The molecule has 0 unspecified atom stereocenters. The number of aryl methyl sites for hydroxylation is 2. The number of carbonyl (C=O) groups excluding carboxylic acids is 1. The second-order valence-electron chi connectivity index (χ2n) is 7.92. The summed E-state index contributed by atoms with van der Waals surface area (Å²) in [5.41, 5.74) is 4.48. The summed E-state index contributed by atoms with van der Waals surface area (Å²) >= 11 is 4.71. The highest BCUT2D eigenvalue weighted by molar-refractivity contribution is 9.10. The lowest BCUT2D eigenvalue weighted by Gasteiger charge is -2.26. The standard InChI is InChI=1S/C23H24BrN3O3S2/c1-15-6-7-16(2)18(12-15)20-14-31-23(25-20)26-22(28)17-8-9-21(19(24)13-17)32(29,30)27-10-4-3-5-11-27/h6-9,12-14H,3-5,10-11H2,1-2H3,(H,25,26,28). The Morgan fingerprint density at radius 2 is 1.84 bits per heavy atom. The zero-order chi connectivity index (χ0) is 22.9. The molecule has 1 fully saturated rings. The number of rotatable bonds is 5. The molecule has 2 heterocycles. The zero-order valence-electron chi connectivity index (χ0n) is 17.9. The quantitative estimate of drug-likeness (QED) is 0.461. The van der Waals surface area contributed by atoms with Gasteiger partial charge in [-0.1, -0.05) is 24.1 Å². The third-order valence-corrected chi connectivity index (χ3v) is 9.15. The van der Waals surface area contributed by atoms with E-state index in [1.54, 1.807) is 6.07 Å². The first-order valence-electron chi connectivity index (χ1n) is 10.4. The van der Waals surface area contributed by atoms with Crippen molar-refractivity contribution >= 4 is 48.3 Å². The number of hydrogen-bond acceptors (Lipinski definition) is 5. The molecule has 0 atom stereocenters. The highest BCUT2D eigenvalue weighted by Gasteiger charge is 2.28. The Morgan fingerprint density at radius 3 is 2.56 bits per heavy atom. The van der Waals surface area contributed by atoms with Gasteiger partial charge in [-0.15, -0.1) is 11.3 Å². The molecule has 6 nitrogen and oxygen atoms in total. The van der Waals surface area contributed by atoms with Crippen LogP contribution in [0.2, 0.25) is 0 Å². The minimum atomic E-state index is -3.58. The molecule has 1 N–H and O–H groups in total. The molecule has 0 radical (unpaired) electrons. The highest BCUT2D eigenvalue weighted by Crippen LogP contribution is 2.30. The van der Waals surface area contributed by atoms with E-state index >= 15 is 0 Å². The van der Waals surface area contributed by atoms with Gasteiger partial charge in [0.05, 0.1) is 10.6 Å². The van der Waals surface area contributed by atoms with Crippen LogP contribution in [0.25, 0.3) is 11.3 Å². The molecule has 168 valence electrons. The van der Waals surface area contributed by atoms with Gasteiger partial charge in [-0.2, -0.15) is 4.31 Å². The van der Waals surface area contributed by atoms with E-state index in [4.69, 9.17) is 0 Å². The molecule has 32 heavy (non-hydrogen) atoms. The van der Waals surface area contributed by atoms with Crippen LogP contribution in [0, 0.1) is 13.8 Å². The zero-order valence-corrected chi connectivity index (χ0v) is 21.1. The third kappa shape index (κ3) is 4.80. The number of thiazole rings is 1. The summed E-state index contributed by atoms with van der Waals surface area (Å²) in [7, 11) is -3.58. The Balaban J connectivity index is 1.52. The number of nitrogens with zero attached hydrogens (tertiary/aromatic N) is 2. The number of sulfonamides is 1. The number of halogens is 1. The fraction of sp³-hybridized carbons (Fsp3) is 0.304. The molecule has 4 rings (SSSR count). The lowest BCUT2D eigenvalue weighted by molar-refractivity contribution is 0.102. The van der Waals surface area contributed by atoms with Gasteiger partial charge in [0.15, 0.2) is 5.13 Å². The predicted molar refractivity (Wildman–Crippen MR) is 132 cm³/mol. The second-order valence-corrected chi connectivity index (χ2v) is 11.5. The third-order valence-electron chi connectivity index (χ3n) is 5.52. The number of aromatic nitrogens is 1. The van der Waals surface area contributed by atoms with Crippen molar-refractivity contribution in [1.29, 1.82) is 0 Å². The van der Waals surface area contributed by atoms with E-state index in [1.165, 1.54) is 27.8 Å². The Bertz CT molecular complexity index is 1270. The lowest BCUT2D eigenvalue weighted by Crippen LogP contribution is -2.35. The summed E-state index contributed by atoms with van der Waals surface area (Å²) in [4.78, 5) is 17.5. The van der Waals surface area contributed by atoms with Crippen LogP contribution in [0.15, 0.2) is 51.1 Å². The minimum Gasteiger partial charge on any atom is -0.298 e. The summed E-state index contributed by atoms with van der Waals surface area (Å²) in [6, 6.07) is 10.8. The van der Waals surface area contributed by atoms with Gasteiger partial charge in [0, 0.05) is 34.1 Å². The number of anilines is 1. The van der Waals surface area contributed by atoms with Crippen LogP contribution < -0.4 is 5.32 Å². The topological polar surface area (TPSA) is 79.4 Å². The Morgan fingerprint density at radius 1 is 1.09 bits per heavy atom. The molecule has 1 aliphatic heterocycles. The molecule has 1 aromatic heterocycles. The van der Waals surface area contributed by atoms with Crippen molar-refractivity contribution in [1.82, 2.24) is 9.29 Å². The Labute approximate surface area is 200 Å². The molecule has 0 bridgehead atoms. The van der Waals surface area contributed by atoms with E-state index in [0.717, 1.165) is 41.6 Å². The van der Waals surface area contributed by atoms with E-state index in [1.807, 2.05) is 19.2 Å². The molecule has 0 saturated carbocycles. The maximum absolute atomic E-state index is 13.0. The molecule has 9 heteroatoms. The summed E-state index contributed by atoms with van der Waals surface area (Å²) in [6.07, 6.45) is 2.79. The first kappa shape index (κ1) is 23.1. The fourth-order valence-corrected chi connectivity index (χ4v) is 6.99. The summed E-state index contributed by atoms with van der Waals surface area (Å²) in [5, 5.41) is 5.23. The first-order valence-corrected chi connectivity index (χ1v) is 13.5. The smallest absolute Gasteiger partial charge is 0.257 e. The molecule has 1 saturated heterocycles. The van der Waals surface area contributed by atoms with Gasteiger partial charge in [-0.3, -0.25) is 10.1 Å². The molecular formula is C23H24BrN3O3S2. The predicted octanol–water partition coefficient (Wildman–Crippen LogP) is 5.62. The summed E-state index contributed by atoms with van der Waals surface area (Å²) < 4.78 is 27.8. The van der Waals surface area contributed by atoms with Crippen LogP contribution in [0.1, 0.15) is 40.7 Å². The van der Waals surface area contributed by atoms with Crippen LogP contribution in [-0.4, -0.2) is 36.7 Å². The molecule has 1 aliphatic rings. The van der Waals surface area contributed by atoms with E-state index in [0.29, 0.717) is 28.3 Å². The maximum atomic E-state index is 13.0. The maximum Gasteiger partial charge on any atom is 0.257 e. The number of hydrogen-bond donors (Lipinski definition) is 1. The average molecular weight is 535 g/mol. The van der Waals surface area contributed by atoms with Crippen molar-refractivity contribution in [3.63, 3.8) is 0 Å². The number of carbonyl (C=O) groups is 1. The lowest BCUT2D eigenvalue weighted by atomic mass is 10.0. The molecule has 3 aromatic rings. The van der Waals surface area contributed by atoms with Crippen LogP contribution in [0.4, 0.5) is 5.13 Å². The summed E-state index contributed by atoms with van der Waals surface area (Å²) in [5.74, 6) is -0.338. The van der Waals surface area contributed by atoms with E-state index < -0.39 is 10.0 Å². The van der Waals surface area contributed by atoms with Gasteiger partial charge < -0.3 is 0 Å². The van der Waals surface area contributed by atoms with Crippen LogP contribution in [-0.2, 0) is 10.0 Å². The van der Waals surface area contributed by atoms with E-state index in [2.05, 4.69) is 44.4 Å². The summed E-state index contributed by atoms with van der Waals surface area (Å²) in [6.45, 7) is 5.13. The molecule has 1 amide bonds. The van der Waals surface area contributed by atoms with Gasteiger partial charge >= 0.3 is 0 Å². The SMILES string of the molecule is Cc1ccc(C)c(-c2csc(NC(=O)c3ccc(S(=O)(=O)N4CCCCC4)c(Br)c3)n2)c1. The largest absolute Gasteiger partial charge is 0.298 e. The number of benzene rings is 2. The van der Waals surface area contributed by atoms with Crippen molar-refractivity contribution in [2.24, 2.45) is 0 Å². The number of piperidine rings is 1. The number of nitrogens with one attached hydrogen (secondary N) is 1. The van der Waals surface area contributed by atoms with Crippen LogP contribution in [0.3, 0.4) is 0 Å². The molecule has 2 aromatic carbocycles. The first-order chi connectivity index (χ1) is 15.3. The van der Waals surface area contributed by atoms with Crippen LogP contribution in [0.5, 0.6) is 0 Å². The number of amides is 1.